The van der Waals surface area contributed by atoms with Gasteiger partial charge in [-0.2, -0.15) is 0 Å². The Kier molecular flexibility index (Phi) is 4.49. The van der Waals surface area contributed by atoms with Crippen LogP contribution in [0.4, 0.5) is 0 Å². The summed E-state index contributed by atoms with van der Waals surface area (Å²) in [6.45, 7) is 8.42. The number of ether oxygens (including phenoxy) is 1. The van der Waals surface area contributed by atoms with Crippen LogP contribution in [0.25, 0.3) is 5.69 Å². The fourth-order valence-electron chi connectivity index (χ4n) is 2.23. The van der Waals surface area contributed by atoms with Crippen molar-refractivity contribution >= 4 is 5.97 Å². The van der Waals surface area contributed by atoms with Gasteiger partial charge < -0.3 is 9.84 Å². The Hall–Kier alpha value is -2.37. The molecule has 0 aliphatic carbocycles. The minimum Gasteiger partial charge on any atom is -0.491 e. The maximum Gasteiger partial charge on any atom is 0.358 e. The number of aromatic nitrogens is 3. The number of rotatable bonds is 5. The third-order valence-electron chi connectivity index (χ3n) is 3.14. The number of aromatic carboxylic acids is 1. The van der Waals surface area contributed by atoms with Crippen molar-refractivity contribution in [3.05, 3.63) is 35.7 Å². The average molecular weight is 303 g/mol. The molecule has 0 saturated heterocycles. The molecule has 1 aromatic carbocycles. The number of carboxylic acid groups (broad SMARTS) is 1. The fourth-order valence-corrected chi connectivity index (χ4v) is 2.23. The zero-order valence-electron chi connectivity index (χ0n) is 13.3. The minimum absolute atomic E-state index is 0.0298. The smallest absolute Gasteiger partial charge is 0.358 e. The highest BCUT2D eigenvalue weighted by Gasteiger charge is 2.30. The summed E-state index contributed by atoms with van der Waals surface area (Å²) in [5, 5.41) is 17.2. The zero-order valence-corrected chi connectivity index (χ0v) is 13.3. The lowest BCUT2D eigenvalue weighted by molar-refractivity contribution is 0.0687. The van der Waals surface area contributed by atoms with Crippen molar-refractivity contribution in [2.45, 2.75) is 39.5 Å². The van der Waals surface area contributed by atoms with Gasteiger partial charge in [-0.3, -0.25) is 0 Å². The second-order valence-corrected chi connectivity index (χ2v) is 6.07. The summed E-state index contributed by atoms with van der Waals surface area (Å²) in [7, 11) is 0. The van der Waals surface area contributed by atoms with Crippen molar-refractivity contribution in [2.24, 2.45) is 0 Å². The Morgan fingerprint density at radius 3 is 2.59 bits per heavy atom. The highest BCUT2D eigenvalue weighted by atomic mass is 16.5. The van der Waals surface area contributed by atoms with Crippen molar-refractivity contribution in [2.75, 3.05) is 6.61 Å². The molecule has 118 valence electrons. The number of carboxylic acids is 1. The van der Waals surface area contributed by atoms with Gasteiger partial charge in [-0.25, -0.2) is 9.48 Å². The first-order valence-electron chi connectivity index (χ1n) is 7.28. The van der Waals surface area contributed by atoms with E-state index in [4.69, 9.17) is 4.74 Å². The van der Waals surface area contributed by atoms with Crippen molar-refractivity contribution < 1.29 is 14.6 Å². The number of hydrogen-bond donors (Lipinski definition) is 1. The van der Waals surface area contributed by atoms with Gasteiger partial charge in [0.15, 0.2) is 5.69 Å². The van der Waals surface area contributed by atoms with Gasteiger partial charge in [0.05, 0.1) is 12.3 Å². The quantitative estimate of drug-likeness (QED) is 0.918. The normalized spacial score (nSPS) is 11.5. The lowest BCUT2D eigenvalue weighted by Gasteiger charge is -2.21. The molecular weight excluding hydrogens is 282 g/mol. The summed E-state index contributed by atoms with van der Waals surface area (Å²) in [6, 6.07) is 7.43. The number of hydrogen-bond acceptors (Lipinski definition) is 4. The maximum absolute atomic E-state index is 11.4. The first-order chi connectivity index (χ1) is 10.4. The third kappa shape index (κ3) is 3.10. The molecule has 2 rings (SSSR count). The van der Waals surface area contributed by atoms with Gasteiger partial charge in [-0.05, 0) is 18.6 Å². The van der Waals surface area contributed by atoms with E-state index in [0.717, 1.165) is 6.42 Å². The predicted octanol–water partition coefficient (Wildman–Crippen LogP) is 3.05. The van der Waals surface area contributed by atoms with Crippen molar-refractivity contribution in [1.82, 2.24) is 15.0 Å². The summed E-state index contributed by atoms with van der Waals surface area (Å²) in [5.74, 6) is -0.417. The molecule has 0 bridgehead atoms. The molecule has 0 unspecified atom stereocenters. The van der Waals surface area contributed by atoms with E-state index in [1.807, 2.05) is 52.0 Å². The van der Waals surface area contributed by atoms with Crippen molar-refractivity contribution in [3.63, 3.8) is 0 Å². The molecule has 0 aliphatic rings. The minimum atomic E-state index is -1.08. The van der Waals surface area contributed by atoms with E-state index in [1.54, 1.807) is 4.68 Å². The Balaban J connectivity index is 2.61. The standard InChI is InChI=1S/C16H21N3O3/c1-5-10-22-12-9-7-6-8-11(12)19-14(16(2,3)4)13(15(20)21)17-18-19/h6-9H,5,10H2,1-4H3,(H,20,21). The highest BCUT2D eigenvalue weighted by molar-refractivity contribution is 5.87. The number of nitrogens with zero attached hydrogens (tertiary/aromatic N) is 3. The van der Waals surface area contributed by atoms with Crippen LogP contribution < -0.4 is 4.74 Å². The lowest BCUT2D eigenvalue weighted by atomic mass is 9.90. The Bertz CT molecular complexity index is 672. The Morgan fingerprint density at radius 2 is 2.00 bits per heavy atom. The molecule has 0 radical (unpaired) electrons. The van der Waals surface area contributed by atoms with Gasteiger partial charge in [0.2, 0.25) is 0 Å². The number of carbonyl (C=O) groups is 1. The number of para-hydroxylation sites is 2. The van der Waals surface area contributed by atoms with E-state index < -0.39 is 11.4 Å². The van der Waals surface area contributed by atoms with Crippen LogP contribution in [-0.4, -0.2) is 32.7 Å². The summed E-state index contributed by atoms with van der Waals surface area (Å²) in [5.41, 5.74) is 0.793. The molecule has 0 aliphatic heterocycles. The van der Waals surface area contributed by atoms with E-state index >= 15 is 0 Å². The molecule has 6 heteroatoms. The molecule has 0 fully saturated rings. The number of benzene rings is 1. The van der Waals surface area contributed by atoms with E-state index in [9.17, 15) is 9.90 Å². The maximum atomic E-state index is 11.4. The van der Waals surface area contributed by atoms with Crippen molar-refractivity contribution in [3.8, 4) is 11.4 Å². The summed E-state index contributed by atoms with van der Waals surface area (Å²) in [6.07, 6.45) is 0.887. The van der Waals surface area contributed by atoms with Crippen LogP contribution in [0.5, 0.6) is 5.75 Å². The van der Waals surface area contributed by atoms with Gasteiger partial charge in [0, 0.05) is 5.41 Å². The summed E-state index contributed by atoms with van der Waals surface area (Å²) >= 11 is 0. The molecular formula is C16H21N3O3. The molecule has 0 spiro atoms. The van der Waals surface area contributed by atoms with Crippen LogP contribution in [0.15, 0.2) is 24.3 Å². The Morgan fingerprint density at radius 1 is 1.32 bits per heavy atom. The molecule has 2 aromatic rings. The molecule has 1 N–H and O–H groups in total. The monoisotopic (exact) mass is 303 g/mol. The first kappa shape index (κ1) is 16.0. The molecule has 0 saturated carbocycles. The molecule has 0 amide bonds. The van der Waals surface area contributed by atoms with Crippen molar-refractivity contribution in [1.29, 1.82) is 0 Å². The highest BCUT2D eigenvalue weighted by Crippen LogP contribution is 2.30. The van der Waals surface area contributed by atoms with Gasteiger partial charge in [0.1, 0.15) is 11.4 Å². The second-order valence-electron chi connectivity index (χ2n) is 6.07. The van der Waals surface area contributed by atoms with Gasteiger partial charge in [-0.1, -0.05) is 45.0 Å². The summed E-state index contributed by atoms with van der Waals surface area (Å²) in [4.78, 5) is 11.4. The molecule has 1 aromatic heterocycles. The van der Waals surface area contributed by atoms with E-state index in [2.05, 4.69) is 10.3 Å². The fraction of sp³-hybridized carbons (Fsp3) is 0.438. The lowest BCUT2D eigenvalue weighted by Crippen LogP contribution is -2.21. The van der Waals surface area contributed by atoms with Crippen LogP contribution in [0.2, 0.25) is 0 Å². The Labute approximate surface area is 129 Å². The topological polar surface area (TPSA) is 77.2 Å². The van der Waals surface area contributed by atoms with Crippen LogP contribution in [0.3, 0.4) is 0 Å². The summed E-state index contributed by atoms with van der Waals surface area (Å²) < 4.78 is 7.31. The van der Waals surface area contributed by atoms with E-state index in [1.165, 1.54) is 0 Å². The van der Waals surface area contributed by atoms with Crippen LogP contribution in [0, 0.1) is 0 Å². The van der Waals surface area contributed by atoms with Gasteiger partial charge >= 0.3 is 5.97 Å². The van der Waals surface area contributed by atoms with Gasteiger partial charge in [0.25, 0.3) is 0 Å². The molecule has 0 atom stereocenters. The van der Waals surface area contributed by atoms with Crippen LogP contribution in [-0.2, 0) is 5.41 Å². The zero-order chi connectivity index (χ0) is 16.3. The van der Waals surface area contributed by atoms with Gasteiger partial charge in [-0.15, -0.1) is 5.10 Å². The predicted molar refractivity (Wildman–Crippen MR) is 82.8 cm³/mol. The van der Waals surface area contributed by atoms with E-state index in [-0.39, 0.29) is 5.69 Å². The molecule has 22 heavy (non-hydrogen) atoms. The molecule has 6 nitrogen and oxygen atoms in total. The largest absolute Gasteiger partial charge is 0.491 e. The van der Waals surface area contributed by atoms with Crippen LogP contribution in [0.1, 0.15) is 50.3 Å². The SMILES string of the molecule is CCCOc1ccccc1-n1nnc(C(=O)O)c1C(C)(C)C. The first-order valence-corrected chi connectivity index (χ1v) is 7.28. The van der Waals surface area contributed by atoms with Crippen LogP contribution >= 0.6 is 0 Å². The third-order valence-corrected chi connectivity index (χ3v) is 3.14. The second kappa shape index (κ2) is 6.17. The average Bonchev–Trinajstić information content (AvgIpc) is 2.90. The van der Waals surface area contributed by atoms with E-state index in [0.29, 0.717) is 23.7 Å². The molecule has 1 heterocycles.